The summed E-state index contributed by atoms with van der Waals surface area (Å²) in [5.74, 6) is 0. The van der Waals surface area contributed by atoms with Crippen molar-refractivity contribution in [2.75, 3.05) is 13.1 Å². The average Bonchev–Trinajstić information content (AvgIpc) is 2.58. The lowest BCUT2D eigenvalue weighted by atomic mass is 9.93. The highest BCUT2D eigenvalue weighted by Gasteiger charge is 2.28. The van der Waals surface area contributed by atoms with E-state index in [0.29, 0.717) is 5.41 Å². The molecule has 2 heteroatoms. The molecule has 0 amide bonds. The maximum atomic E-state index is 8.84. The lowest BCUT2D eigenvalue weighted by molar-refractivity contribution is 0.284. The van der Waals surface area contributed by atoms with Gasteiger partial charge in [-0.1, -0.05) is 26.0 Å². The van der Waals surface area contributed by atoms with Crippen LogP contribution in [0.3, 0.4) is 0 Å². The molecule has 0 unspecified atom stereocenters. The molecule has 0 N–H and O–H groups in total. The lowest BCUT2D eigenvalue weighted by Gasteiger charge is -2.19. The van der Waals surface area contributed by atoms with E-state index in [1.54, 1.807) is 0 Å². The molecular weight excluding hydrogens is 196 g/mol. The standard InChI is InChI=1S/C14H18N2/c1-14(2)6-7-16(11-14)10-13-5-3-4-12(8-13)9-15/h3-5,8H,6-7,10-11H2,1-2H3. The molecule has 0 radical (unpaired) electrons. The van der Waals surface area contributed by atoms with Crippen LogP contribution in [0.2, 0.25) is 0 Å². The second-order valence-electron chi connectivity index (χ2n) is 5.44. The van der Waals surface area contributed by atoms with Gasteiger partial charge in [0.05, 0.1) is 11.6 Å². The van der Waals surface area contributed by atoms with Crippen LogP contribution in [0, 0.1) is 16.7 Å². The van der Waals surface area contributed by atoms with E-state index in [-0.39, 0.29) is 0 Å². The quantitative estimate of drug-likeness (QED) is 0.757. The molecule has 1 aliphatic heterocycles. The molecule has 1 heterocycles. The third-order valence-electron chi connectivity index (χ3n) is 3.22. The van der Waals surface area contributed by atoms with Gasteiger partial charge in [-0.3, -0.25) is 4.90 Å². The van der Waals surface area contributed by atoms with Gasteiger partial charge in [-0.15, -0.1) is 0 Å². The highest BCUT2D eigenvalue weighted by Crippen LogP contribution is 2.29. The zero-order valence-corrected chi connectivity index (χ0v) is 10.0. The Labute approximate surface area is 97.5 Å². The highest BCUT2D eigenvalue weighted by atomic mass is 15.1. The molecule has 16 heavy (non-hydrogen) atoms. The molecule has 2 nitrogen and oxygen atoms in total. The third kappa shape index (κ3) is 2.62. The van der Waals surface area contributed by atoms with Crippen LogP contribution in [-0.2, 0) is 6.54 Å². The van der Waals surface area contributed by atoms with Crippen molar-refractivity contribution in [2.24, 2.45) is 5.41 Å². The topological polar surface area (TPSA) is 27.0 Å². The first-order valence-corrected chi connectivity index (χ1v) is 5.80. The molecule has 1 aliphatic rings. The fraction of sp³-hybridized carbons (Fsp3) is 0.500. The molecule has 0 bridgehead atoms. The van der Waals surface area contributed by atoms with E-state index in [0.717, 1.165) is 18.7 Å². The van der Waals surface area contributed by atoms with Gasteiger partial charge in [-0.25, -0.2) is 0 Å². The summed E-state index contributed by atoms with van der Waals surface area (Å²) in [6, 6.07) is 10.1. The van der Waals surface area contributed by atoms with Crippen LogP contribution in [-0.4, -0.2) is 18.0 Å². The summed E-state index contributed by atoms with van der Waals surface area (Å²) < 4.78 is 0. The van der Waals surface area contributed by atoms with Crippen LogP contribution in [0.1, 0.15) is 31.4 Å². The first-order chi connectivity index (χ1) is 7.59. The molecule has 84 valence electrons. The summed E-state index contributed by atoms with van der Waals surface area (Å²) in [4.78, 5) is 2.47. The Balaban J connectivity index is 2.02. The predicted octanol–water partition coefficient (Wildman–Crippen LogP) is 2.79. The maximum Gasteiger partial charge on any atom is 0.0991 e. The van der Waals surface area contributed by atoms with Crippen molar-refractivity contribution < 1.29 is 0 Å². The number of hydrogen-bond acceptors (Lipinski definition) is 2. The second-order valence-corrected chi connectivity index (χ2v) is 5.44. The number of nitrogens with zero attached hydrogens (tertiary/aromatic N) is 2. The fourth-order valence-electron chi connectivity index (χ4n) is 2.36. The Hall–Kier alpha value is -1.33. The van der Waals surface area contributed by atoms with E-state index in [9.17, 15) is 0 Å². The van der Waals surface area contributed by atoms with Crippen molar-refractivity contribution in [1.29, 1.82) is 5.26 Å². The summed E-state index contributed by atoms with van der Waals surface area (Å²) in [6.45, 7) is 7.93. The Morgan fingerprint density at radius 1 is 1.44 bits per heavy atom. The second kappa shape index (κ2) is 4.27. The van der Waals surface area contributed by atoms with Crippen LogP contribution in [0.15, 0.2) is 24.3 Å². The van der Waals surface area contributed by atoms with Gasteiger partial charge < -0.3 is 0 Å². The predicted molar refractivity (Wildman–Crippen MR) is 64.8 cm³/mol. The van der Waals surface area contributed by atoms with Gasteiger partial charge in [0.2, 0.25) is 0 Å². The van der Waals surface area contributed by atoms with Gasteiger partial charge in [0, 0.05) is 13.1 Å². The highest BCUT2D eigenvalue weighted by molar-refractivity contribution is 5.32. The zero-order chi connectivity index (χ0) is 11.6. The van der Waals surface area contributed by atoms with Crippen molar-refractivity contribution in [1.82, 2.24) is 4.90 Å². The maximum absolute atomic E-state index is 8.84. The lowest BCUT2D eigenvalue weighted by Crippen LogP contribution is -2.22. The minimum Gasteiger partial charge on any atom is -0.299 e. The summed E-state index contributed by atoms with van der Waals surface area (Å²) in [6.07, 6.45) is 1.27. The van der Waals surface area contributed by atoms with Crippen molar-refractivity contribution in [3.63, 3.8) is 0 Å². The number of likely N-dealkylation sites (tertiary alicyclic amines) is 1. The Kier molecular flexibility index (Phi) is 2.98. The summed E-state index contributed by atoms with van der Waals surface area (Å²) in [5, 5.41) is 8.84. The Morgan fingerprint density at radius 3 is 2.88 bits per heavy atom. The summed E-state index contributed by atoms with van der Waals surface area (Å²) in [7, 11) is 0. The van der Waals surface area contributed by atoms with E-state index in [1.165, 1.54) is 18.5 Å². The van der Waals surface area contributed by atoms with Crippen molar-refractivity contribution >= 4 is 0 Å². The van der Waals surface area contributed by atoms with Crippen LogP contribution in [0.4, 0.5) is 0 Å². The molecule has 1 aromatic carbocycles. The van der Waals surface area contributed by atoms with E-state index in [4.69, 9.17) is 5.26 Å². The van der Waals surface area contributed by atoms with Crippen molar-refractivity contribution in [3.8, 4) is 6.07 Å². The van der Waals surface area contributed by atoms with E-state index in [2.05, 4.69) is 30.9 Å². The molecule has 0 atom stereocenters. The van der Waals surface area contributed by atoms with Crippen LogP contribution in [0.25, 0.3) is 0 Å². The average molecular weight is 214 g/mol. The van der Waals surface area contributed by atoms with Gasteiger partial charge >= 0.3 is 0 Å². The molecule has 0 aliphatic carbocycles. The Morgan fingerprint density at radius 2 is 2.25 bits per heavy atom. The van der Waals surface area contributed by atoms with Gasteiger partial charge in [-0.05, 0) is 36.1 Å². The normalized spacial score (nSPS) is 19.6. The molecular formula is C14H18N2. The molecule has 0 spiro atoms. The molecule has 2 rings (SSSR count). The minimum atomic E-state index is 0.451. The van der Waals surface area contributed by atoms with Crippen molar-refractivity contribution in [3.05, 3.63) is 35.4 Å². The number of nitriles is 1. The van der Waals surface area contributed by atoms with Gasteiger partial charge in [-0.2, -0.15) is 5.26 Å². The number of rotatable bonds is 2. The van der Waals surface area contributed by atoms with Gasteiger partial charge in [0.25, 0.3) is 0 Å². The number of benzene rings is 1. The molecule has 0 saturated carbocycles. The van der Waals surface area contributed by atoms with Crippen LogP contribution in [0.5, 0.6) is 0 Å². The third-order valence-corrected chi connectivity index (χ3v) is 3.22. The summed E-state index contributed by atoms with van der Waals surface area (Å²) >= 11 is 0. The Bertz CT molecular complexity index is 415. The monoisotopic (exact) mass is 214 g/mol. The van der Waals surface area contributed by atoms with E-state index < -0.39 is 0 Å². The minimum absolute atomic E-state index is 0.451. The van der Waals surface area contributed by atoms with Crippen LogP contribution < -0.4 is 0 Å². The molecule has 1 fully saturated rings. The van der Waals surface area contributed by atoms with Gasteiger partial charge in [0.15, 0.2) is 0 Å². The summed E-state index contributed by atoms with van der Waals surface area (Å²) in [5.41, 5.74) is 2.46. The largest absolute Gasteiger partial charge is 0.299 e. The number of hydrogen-bond donors (Lipinski definition) is 0. The first-order valence-electron chi connectivity index (χ1n) is 5.80. The smallest absolute Gasteiger partial charge is 0.0991 e. The van der Waals surface area contributed by atoms with Crippen molar-refractivity contribution in [2.45, 2.75) is 26.8 Å². The first kappa shape index (κ1) is 11.2. The van der Waals surface area contributed by atoms with E-state index >= 15 is 0 Å². The molecule has 1 aromatic rings. The zero-order valence-electron chi connectivity index (χ0n) is 10.0. The molecule has 1 saturated heterocycles. The SMILES string of the molecule is CC1(C)CCN(Cc2cccc(C#N)c2)C1. The van der Waals surface area contributed by atoms with Gasteiger partial charge in [0.1, 0.15) is 0 Å². The molecule has 0 aromatic heterocycles. The van der Waals surface area contributed by atoms with Crippen LogP contribution >= 0.6 is 0 Å². The fourth-order valence-corrected chi connectivity index (χ4v) is 2.36. The van der Waals surface area contributed by atoms with E-state index in [1.807, 2.05) is 18.2 Å².